The van der Waals surface area contributed by atoms with Crippen molar-refractivity contribution in [2.75, 3.05) is 31.2 Å². The van der Waals surface area contributed by atoms with Crippen molar-refractivity contribution in [1.29, 1.82) is 0 Å². The molecule has 0 aliphatic carbocycles. The lowest BCUT2D eigenvalue weighted by atomic mass is 9.66. The summed E-state index contributed by atoms with van der Waals surface area (Å²) in [5.74, 6) is -1.92. The maximum absolute atomic E-state index is 14.6. The van der Waals surface area contributed by atoms with Crippen LogP contribution in [-0.2, 0) is 19.1 Å². The van der Waals surface area contributed by atoms with Crippen molar-refractivity contribution in [3.8, 4) is 0 Å². The summed E-state index contributed by atoms with van der Waals surface area (Å²) in [6.07, 6.45) is 9.42. The Morgan fingerprint density at radius 2 is 1.95 bits per heavy atom. The van der Waals surface area contributed by atoms with Gasteiger partial charge in [-0.3, -0.25) is 14.4 Å². The van der Waals surface area contributed by atoms with Crippen molar-refractivity contribution < 1.29 is 24.2 Å². The number of likely N-dealkylation sites (tertiary alicyclic amines) is 1. The minimum Gasteiger partial charge on any atom is -0.465 e. The number of aliphatic hydroxyl groups is 1. The van der Waals surface area contributed by atoms with Crippen molar-refractivity contribution in [1.82, 2.24) is 4.90 Å². The maximum atomic E-state index is 14.6. The molecule has 3 heterocycles. The lowest BCUT2D eigenvalue weighted by molar-refractivity contribution is -0.155. The van der Waals surface area contributed by atoms with E-state index in [1.54, 1.807) is 39.8 Å². The number of fused-ring (bicyclic) bond motifs is 1. The minimum atomic E-state index is -0.743. The molecule has 2 unspecified atom stereocenters. The first-order valence-corrected chi connectivity index (χ1v) is 15.5. The second kappa shape index (κ2) is 13.1. The maximum Gasteiger partial charge on any atom is 0.311 e. The summed E-state index contributed by atoms with van der Waals surface area (Å²) in [7, 11) is 0. The van der Waals surface area contributed by atoms with Gasteiger partial charge >= 0.3 is 5.97 Å². The van der Waals surface area contributed by atoms with Gasteiger partial charge in [0.1, 0.15) is 6.04 Å². The number of halogens is 1. The first kappa shape index (κ1) is 30.7. The van der Waals surface area contributed by atoms with Crippen LogP contribution in [0.4, 0.5) is 5.69 Å². The third kappa shape index (κ3) is 5.59. The number of thioether (sulfide) groups is 1. The number of ether oxygens (including phenoxy) is 1. The Bertz CT molecular complexity index is 1130. The Balaban J connectivity index is 1.68. The number of carbonyl (C=O) groups is 3. The van der Waals surface area contributed by atoms with Gasteiger partial charge in [0, 0.05) is 24.4 Å². The summed E-state index contributed by atoms with van der Waals surface area (Å²) in [6, 6.07) is 6.44. The topological polar surface area (TPSA) is 87.1 Å². The molecule has 1 aromatic carbocycles. The molecule has 2 bridgehead atoms. The largest absolute Gasteiger partial charge is 0.465 e. The number of unbranched alkanes of at least 4 members (excludes halogenated alkanes) is 4. The Morgan fingerprint density at radius 1 is 1.18 bits per heavy atom. The number of para-hydroxylation sites is 1. The van der Waals surface area contributed by atoms with Gasteiger partial charge in [0.15, 0.2) is 0 Å². The van der Waals surface area contributed by atoms with Crippen LogP contribution in [0, 0.1) is 11.8 Å². The molecule has 2 amide bonds. The summed E-state index contributed by atoms with van der Waals surface area (Å²) < 4.78 is 4.54. The molecule has 1 spiro atoms. The second-order valence-electron chi connectivity index (χ2n) is 11.2. The quantitative estimate of drug-likeness (QED) is 0.168. The van der Waals surface area contributed by atoms with Gasteiger partial charge in [-0.2, -0.15) is 0 Å². The third-order valence-electron chi connectivity index (χ3n) is 8.59. The summed E-state index contributed by atoms with van der Waals surface area (Å²) in [6.45, 7) is 10.7. The van der Waals surface area contributed by atoms with Crippen molar-refractivity contribution in [3.05, 3.63) is 54.6 Å². The van der Waals surface area contributed by atoms with Crippen molar-refractivity contribution in [3.63, 3.8) is 0 Å². The third-order valence-corrected chi connectivity index (χ3v) is 10.9. The number of hydrogen-bond acceptors (Lipinski definition) is 6. The zero-order valence-corrected chi connectivity index (χ0v) is 24.9. The summed E-state index contributed by atoms with van der Waals surface area (Å²) in [5, 5.41) is 9.71. The minimum absolute atomic E-state index is 0.0808. The normalized spacial score (nSPS) is 28.4. The molecule has 7 nitrogen and oxygen atoms in total. The number of amides is 2. The highest BCUT2D eigenvalue weighted by Crippen LogP contribution is 2.71. The van der Waals surface area contributed by atoms with E-state index >= 15 is 0 Å². The Labute approximate surface area is 246 Å². The van der Waals surface area contributed by atoms with Gasteiger partial charge in [-0.1, -0.05) is 35.9 Å². The Kier molecular flexibility index (Phi) is 10.1. The van der Waals surface area contributed by atoms with Gasteiger partial charge in [-0.15, -0.1) is 24.9 Å². The number of rotatable bonds is 15. The number of carbonyl (C=O) groups excluding carboxylic acids is 3. The van der Waals surface area contributed by atoms with E-state index in [1.165, 1.54) is 0 Å². The van der Waals surface area contributed by atoms with Crippen LogP contribution in [0.3, 0.4) is 0 Å². The predicted octanol–water partition coefficient (Wildman–Crippen LogP) is 5.40. The molecule has 3 fully saturated rings. The number of anilines is 1. The fourth-order valence-corrected chi connectivity index (χ4v) is 9.36. The van der Waals surface area contributed by atoms with Gasteiger partial charge in [0.25, 0.3) is 5.91 Å². The highest BCUT2D eigenvalue weighted by atomic mass is 35.5. The van der Waals surface area contributed by atoms with Gasteiger partial charge in [0.2, 0.25) is 5.91 Å². The van der Waals surface area contributed by atoms with Gasteiger partial charge in [-0.05, 0) is 70.4 Å². The van der Waals surface area contributed by atoms with Crippen LogP contribution < -0.4 is 4.90 Å². The molecule has 1 N–H and O–H groups in total. The summed E-state index contributed by atoms with van der Waals surface area (Å²) in [5.41, 5.74) is 0.570. The van der Waals surface area contributed by atoms with Crippen LogP contribution in [0.5, 0.6) is 0 Å². The number of allylic oxidation sites excluding steroid dienone is 1. The molecular weight excluding hydrogens is 548 g/mol. The number of hydrogen-bond donors (Lipinski definition) is 1. The average Bonchev–Trinajstić information content (AvgIpc) is 3.50. The lowest BCUT2D eigenvalue weighted by Gasteiger charge is -2.37. The smallest absolute Gasteiger partial charge is 0.311 e. The fraction of sp³-hybridized carbons (Fsp3) is 0.581. The monoisotopic (exact) mass is 588 g/mol. The van der Waals surface area contributed by atoms with Crippen molar-refractivity contribution >= 4 is 46.8 Å². The van der Waals surface area contributed by atoms with E-state index < -0.39 is 27.4 Å². The number of esters is 1. The standard InChI is InChI=1S/C31H41ClN2O5S/c1-4-6-7-13-21-39-29(38)25-24-27(36)34(19-11-8-12-20-35)26(31(24)17-16-30(25,3)40-31)28(37)33(18-5-2)23-15-10-9-14-22(23)32/h4-5,9-10,14-15,24-26,35H,1-2,6-8,11-13,16-21H2,3H3/t24-,25-,26?,30+,31?/m0/s1. The fourth-order valence-electron chi connectivity index (χ4n) is 6.78. The molecule has 218 valence electrons. The summed E-state index contributed by atoms with van der Waals surface area (Å²) in [4.78, 5) is 45.7. The van der Waals surface area contributed by atoms with E-state index in [9.17, 15) is 19.5 Å². The van der Waals surface area contributed by atoms with Crippen molar-refractivity contribution in [2.24, 2.45) is 11.8 Å². The Hall–Kier alpha value is -2.29. The van der Waals surface area contributed by atoms with Crippen LogP contribution in [0.15, 0.2) is 49.6 Å². The molecule has 1 aromatic rings. The van der Waals surface area contributed by atoms with Crippen molar-refractivity contribution in [2.45, 2.75) is 73.8 Å². The average molecular weight is 589 g/mol. The highest BCUT2D eigenvalue weighted by molar-refractivity contribution is 8.02. The van der Waals surface area contributed by atoms with E-state index in [2.05, 4.69) is 13.2 Å². The number of nitrogens with zero attached hydrogens (tertiary/aromatic N) is 2. The molecule has 3 saturated heterocycles. The second-order valence-corrected chi connectivity index (χ2v) is 13.5. The van der Waals surface area contributed by atoms with Gasteiger partial charge < -0.3 is 19.6 Å². The van der Waals surface area contributed by atoms with Crippen LogP contribution in [0.25, 0.3) is 0 Å². The molecule has 9 heteroatoms. The van der Waals surface area contributed by atoms with Gasteiger partial charge in [0.05, 0.1) is 33.9 Å². The van der Waals surface area contributed by atoms with Crippen LogP contribution in [-0.4, -0.2) is 69.6 Å². The molecule has 5 atom stereocenters. The number of benzene rings is 1. The lowest BCUT2D eigenvalue weighted by Crippen LogP contribution is -2.55. The highest BCUT2D eigenvalue weighted by Gasteiger charge is 2.77. The van der Waals surface area contributed by atoms with Crippen LogP contribution >= 0.6 is 23.4 Å². The molecule has 0 aromatic heterocycles. The van der Waals surface area contributed by atoms with E-state index in [0.717, 1.165) is 32.1 Å². The molecular formula is C31H41ClN2O5S. The molecule has 3 aliphatic rings. The molecule has 0 radical (unpaired) electrons. The van der Waals surface area contributed by atoms with Crippen LogP contribution in [0.1, 0.15) is 58.3 Å². The van der Waals surface area contributed by atoms with Crippen LogP contribution in [0.2, 0.25) is 5.02 Å². The molecule has 4 rings (SSSR count). The Morgan fingerprint density at radius 3 is 2.65 bits per heavy atom. The van der Waals surface area contributed by atoms with E-state index in [-0.39, 0.29) is 30.9 Å². The number of aliphatic hydroxyl groups excluding tert-OH is 1. The van der Waals surface area contributed by atoms with Gasteiger partial charge in [-0.25, -0.2) is 0 Å². The predicted molar refractivity (Wildman–Crippen MR) is 160 cm³/mol. The summed E-state index contributed by atoms with van der Waals surface area (Å²) >= 11 is 8.18. The first-order chi connectivity index (χ1) is 19.3. The molecule has 3 aliphatic heterocycles. The SMILES string of the molecule is C=CCCCCOC(=O)[C@@H]1[C@H]2C(=O)N(CCCCCO)C(C(=O)N(CC=C)c3ccccc3Cl)C23CC[C@@]1(C)S3. The van der Waals surface area contributed by atoms with E-state index in [0.29, 0.717) is 43.1 Å². The zero-order valence-electron chi connectivity index (χ0n) is 23.4. The van der Waals surface area contributed by atoms with E-state index in [1.807, 2.05) is 25.1 Å². The zero-order chi connectivity index (χ0) is 28.9. The first-order valence-electron chi connectivity index (χ1n) is 14.3. The molecule has 0 saturated carbocycles. The van der Waals surface area contributed by atoms with E-state index in [4.69, 9.17) is 16.3 Å². The molecule has 40 heavy (non-hydrogen) atoms.